The zero-order chi connectivity index (χ0) is 4.57. The Kier molecular flexibility index (Phi) is 0.569. The number of β-lactam (4-membered cyclic amide) rings is 1. The lowest BCUT2D eigenvalue weighted by molar-refractivity contribution is -0.136. The molecule has 0 saturated carbocycles. The van der Waals surface area contributed by atoms with Gasteiger partial charge in [-0.1, -0.05) is 0 Å². The van der Waals surface area contributed by atoms with Crippen molar-refractivity contribution in [3.8, 4) is 0 Å². The zero-order valence-corrected chi connectivity index (χ0v) is 3.18. The number of rotatable bonds is 0. The predicted octanol–water partition coefficient (Wildman–Crippen LogP) is -0.283. The smallest absolute Gasteiger partial charge is 0.213 e. The Bertz CT molecular complexity index is 80.9. The maximum absolute atomic E-state index is 9.84. The van der Waals surface area contributed by atoms with Gasteiger partial charge in [0, 0.05) is 13.0 Å². The van der Waals surface area contributed by atoms with Gasteiger partial charge in [0.25, 0.3) is 0 Å². The Labute approximate surface area is 35.1 Å². The first-order chi connectivity index (χ1) is 2.80. The minimum absolute atomic E-state index is 0.282. The standard InChI is InChI=1S/C3H4NO2/c5-3-1-2-4(3)6/h1-2H2/q-1. The molecular formula is C3H4NO2-. The lowest BCUT2D eigenvalue weighted by Crippen LogP contribution is -2.37. The van der Waals surface area contributed by atoms with Gasteiger partial charge < -0.3 is 10.3 Å². The molecule has 1 fully saturated rings. The van der Waals surface area contributed by atoms with Gasteiger partial charge in [0.1, 0.15) is 0 Å². The molecule has 1 amide bonds. The van der Waals surface area contributed by atoms with Gasteiger partial charge in [0.2, 0.25) is 5.91 Å². The molecule has 0 spiro atoms. The van der Waals surface area contributed by atoms with Gasteiger partial charge in [-0.05, 0) is 0 Å². The lowest BCUT2D eigenvalue weighted by atomic mass is 10.3. The van der Waals surface area contributed by atoms with Crippen molar-refractivity contribution in [2.24, 2.45) is 0 Å². The van der Waals surface area contributed by atoms with Crippen LogP contribution in [0.25, 0.3) is 0 Å². The minimum Gasteiger partial charge on any atom is -0.756 e. The second-order valence-electron chi connectivity index (χ2n) is 1.25. The van der Waals surface area contributed by atoms with Gasteiger partial charge in [-0.25, -0.2) is 0 Å². The second-order valence-corrected chi connectivity index (χ2v) is 1.25. The van der Waals surface area contributed by atoms with Crippen molar-refractivity contribution in [1.29, 1.82) is 0 Å². The summed E-state index contributed by atoms with van der Waals surface area (Å²) in [6.45, 7) is 0.402. The molecule has 0 N–H and O–H groups in total. The van der Waals surface area contributed by atoms with Crippen molar-refractivity contribution in [3.05, 3.63) is 5.21 Å². The van der Waals surface area contributed by atoms with E-state index >= 15 is 0 Å². The molecule has 0 unspecified atom stereocenters. The van der Waals surface area contributed by atoms with Crippen LogP contribution >= 0.6 is 0 Å². The molecule has 1 aliphatic heterocycles. The fourth-order valence-corrected chi connectivity index (χ4v) is 0.294. The fourth-order valence-electron chi connectivity index (χ4n) is 0.294. The normalized spacial score (nSPS) is 20.8. The molecule has 3 nitrogen and oxygen atoms in total. The van der Waals surface area contributed by atoms with Crippen LogP contribution in [0, 0.1) is 5.21 Å². The van der Waals surface area contributed by atoms with E-state index in [0.717, 1.165) is 0 Å². The summed E-state index contributed by atoms with van der Waals surface area (Å²) in [5.41, 5.74) is 0. The van der Waals surface area contributed by atoms with Crippen LogP contribution < -0.4 is 0 Å². The lowest BCUT2D eigenvalue weighted by Gasteiger charge is -2.36. The Hall–Kier alpha value is -0.570. The molecule has 0 aliphatic carbocycles. The highest BCUT2D eigenvalue weighted by molar-refractivity contribution is 5.81. The third-order valence-corrected chi connectivity index (χ3v) is 0.807. The van der Waals surface area contributed by atoms with Crippen LogP contribution in [0.2, 0.25) is 0 Å². The molecule has 1 rings (SSSR count). The largest absolute Gasteiger partial charge is 0.756 e. The molecule has 1 heterocycles. The molecule has 0 atom stereocenters. The predicted molar refractivity (Wildman–Crippen MR) is 19.7 cm³/mol. The summed E-state index contributed by atoms with van der Waals surface area (Å²) in [7, 11) is 0. The Morgan fingerprint density at radius 1 is 1.83 bits per heavy atom. The maximum Gasteiger partial charge on any atom is 0.213 e. The summed E-state index contributed by atoms with van der Waals surface area (Å²) in [4.78, 5) is 9.84. The molecule has 6 heavy (non-hydrogen) atoms. The number of carbonyl (C=O) groups excluding carboxylic acids is 1. The van der Waals surface area contributed by atoms with Gasteiger partial charge in [-0.15, -0.1) is 0 Å². The highest BCUT2D eigenvalue weighted by atomic mass is 16.5. The first-order valence-corrected chi connectivity index (χ1v) is 1.78. The van der Waals surface area contributed by atoms with Crippen LogP contribution in [-0.4, -0.2) is 17.5 Å². The topological polar surface area (TPSA) is 43.4 Å². The second kappa shape index (κ2) is 0.944. The number of carbonyl (C=O) groups is 1. The van der Waals surface area contributed by atoms with E-state index in [-0.39, 0.29) is 5.91 Å². The Morgan fingerprint density at radius 3 is 2.33 bits per heavy atom. The molecule has 0 aromatic heterocycles. The van der Waals surface area contributed by atoms with Gasteiger partial charge >= 0.3 is 0 Å². The highest BCUT2D eigenvalue weighted by Gasteiger charge is 2.12. The number of amides is 1. The van der Waals surface area contributed by atoms with Crippen LogP contribution in [0.1, 0.15) is 6.42 Å². The quantitative estimate of drug-likeness (QED) is 0.380. The molecular weight excluding hydrogens is 82.0 g/mol. The van der Waals surface area contributed by atoms with Gasteiger partial charge in [-0.3, -0.25) is 4.79 Å². The van der Waals surface area contributed by atoms with Crippen molar-refractivity contribution < 1.29 is 4.79 Å². The number of hydroxylamine groups is 2. The average Bonchev–Trinajstić information content (AvgIpc) is 1.61. The Morgan fingerprint density at radius 2 is 2.33 bits per heavy atom. The molecule has 0 aromatic rings. The first-order valence-electron chi connectivity index (χ1n) is 1.78. The number of hydrogen-bond acceptors (Lipinski definition) is 2. The molecule has 1 aliphatic rings. The average molecular weight is 86.1 g/mol. The molecule has 0 radical (unpaired) electrons. The third kappa shape index (κ3) is 0.285. The van der Waals surface area contributed by atoms with Crippen LogP contribution in [0.5, 0.6) is 0 Å². The molecule has 0 aromatic carbocycles. The monoisotopic (exact) mass is 86.0 g/mol. The van der Waals surface area contributed by atoms with Crippen molar-refractivity contribution in [2.75, 3.05) is 6.54 Å². The van der Waals surface area contributed by atoms with E-state index in [0.29, 0.717) is 18.0 Å². The summed E-state index contributed by atoms with van der Waals surface area (Å²) in [6.07, 6.45) is 0.448. The third-order valence-electron chi connectivity index (χ3n) is 0.807. The van der Waals surface area contributed by atoms with Gasteiger partial charge in [0.05, 0.1) is 0 Å². The van der Waals surface area contributed by atoms with Gasteiger partial charge in [-0.2, -0.15) is 0 Å². The number of nitrogens with zero attached hydrogens (tertiary/aromatic N) is 1. The van der Waals surface area contributed by atoms with Crippen LogP contribution in [0.3, 0.4) is 0 Å². The van der Waals surface area contributed by atoms with E-state index in [2.05, 4.69) is 0 Å². The van der Waals surface area contributed by atoms with E-state index in [4.69, 9.17) is 0 Å². The molecule has 1 saturated heterocycles. The van der Waals surface area contributed by atoms with Crippen LogP contribution in [0.4, 0.5) is 0 Å². The van der Waals surface area contributed by atoms with E-state index in [1.54, 1.807) is 0 Å². The van der Waals surface area contributed by atoms with Crippen LogP contribution in [-0.2, 0) is 4.79 Å². The summed E-state index contributed by atoms with van der Waals surface area (Å²) in [6, 6.07) is 0. The summed E-state index contributed by atoms with van der Waals surface area (Å²) >= 11 is 0. The molecule has 34 valence electrons. The first kappa shape index (κ1) is 3.61. The van der Waals surface area contributed by atoms with E-state index in [1.165, 1.54) is 0 Å². The van der Waals surface area contributed by atoms with Crippen molar-refractivity contribution >= 4 is 5.91 Å². The van der Waals surface area contributed by atoms with E-state index in [9.17, 15) is 10.0 Å². The van der Waals surface area contributed by atoms with E-state index < -0.39 is 0 Å². The summed E-state index contributed by atoms with van der Waals surface area (Å²) < 4.78 is 0. The molecule has 3 heteroatoms. The highest BCUT2D eigenvalue weighted by Crippen LogP contribution is 2.03. The minimum atomic E-state index is -0.282. The molecule has 0 bridgehead atoms. The van der Waals surface area contributed by atoms with Crippen molar-refractivity contribution in [1.82, 2.24) is 5.06 Å². The fraction of sp³-hybridized carbons (Fsp3) is 0.667. The van der Waals surface area contributed by atoms with Crippen LogP contribution in [0.15, 0.2) is 0 Å². The summed E-state index contributed by atoms with van der Waals surface area (Å²) in [5.74, 6) is -0.282. The summed E-state index contributed by atoms with van der Waals surface area (Å²) in [5, 5.41) is 10.3. The Balaban J connectivity index is 2.39. The maximum atomic E-state index is 9.84. The van der Waals surface area contributed by atoms with Crippen molar-refractivity contribution in [3.63, 3.8) is 0 Å². The van der Waals surface area contributed by atoms with Gasteiger partial charge in [0.15, 0.2) is 0 Å². The number of hydrogen-bond donors (Lipinski definition) is 0. The zero-order valence-electron chi connectivity index (χ0n) is 3.18. The van der Waals surface area contributed by atoms with Crippen molar-refractivity contribution in [2.45, 2.75) is 6.42 Å². The SMILES string of the molecule is O=C1CCN1[O-]. The van der Waals surface area contributed by atoms with E-state index in [1.807, 2.05) is 0 Å².